The van der Waals surface area contributed by atoms with Crippen LogP contribution in [0.2, 0.25) is 0 Å². The summed E-state index contributed by atoms with van der Waals surface area (Å²) in [4.78, 5) is 26.0. The fraction of sp³-hybridized carbons (Fsp3) is 0.524. The van der Waals surface area contributed by atoms with Gasteiger partial charge in [-0.05, 0) is 29.4 Å². The highest BCUT2D eigenvalue weighted by Crippen LogP contribution is 2.32. The van der Waals surface area contributed by atoms with Crippen molar-refractivity contribution in [3.05, 3.63) is 35.2 Å². The number of anilines is 1. The highest BCUT2D eigenvalue weighted by molar-refractivity contribution is 7.99. The molecule has 1 aliphatic heterocycles. The topological polar surface area (TPSA) is 88.3 Å². The fourth-order valence-electron chi connectivity index (χ4n) is 3.39. The maximum atomic E-state index is 12.6. The number of carbonyl (C=O) groups is 2. The molecule has 2 aromatic rings. The van der Waals surface area contributed by atoms with Crippen LogP contribution < -0.4 is 5.32 Å². The van der Waals surface area contributed by atoms with E-state index in [0.29, 0.717) is 35.9 Å². The summed E-state index contributed by atoms with van der Waals surface area (Å²) in [6.45, 7) is 9.53. The number of benzene rings is 1. The van der Waals surface area contributed by atoms with Crippen molar-refractivity contribution in [1.82, 2.24) is 15.1 Å². The summed E-state index contributed by atoms with van der Waals surface area (Å²) in [6, 6.07) is 6.16. The molecule has 7 nitrogen and oxygen atoms in total. The van der Waals surface area contributed by atoms with Crippen LogP contribution in [0.25, 0.3) is 0 Å². The molecule has 2 heterocycles. The Morgan fingerprint density at radius 3 is 2.48 bits per heavy atom. The molecular weight excluding hydrogens is 388 g/mol. The van der Waals surface area contributed by atoms with Crippen LogP contribution in [-0.4, -0.2) is 39.2 Å². The minimum absolute atomic E-state index is 0.112. The van der Waals surface area contributed by atoms with Crippen molar-refractivity contribution in [2.24, 2.45) is 0 Å². The van der Waals surface area contributed by atoms with E-state index in [1.165, 1.54) is 11.8 Å². The van der Waals surface area contributed by atoms with Gasteiger partial charge in [0, 0.05) is 18.7 Å². The lowest BCUT2D eigenvalue weighted by Crippen LogP contribution is -2.23. The van der Waals surface area contributed by atoms with Gasteiger partial charge in [0.05, 0.1) is 12.3 Å². The first-order valence-electron chi connectivity index (χ1n) is 10.0. The Morgan fingerprint density at radius 2 is 1.90 bits per heavy atom. The smallest absolute Gasteiger partial charge is 0.277 e. The molecule has 0 atom stereocenters. The van der Waals surface area contributed by atoms with Crippen molar-refractivity contribution in [2.45, 2.75) is 64.1 Å². The van der Waals surface area contributed by atoms with Crippen LogP contribution in [0, 0.1) is 0 Å². The zero-order chi connectivity index (χ0) is 21.0. The third-order valence-electron chi connectivity index (χ3n) is 4.91. The van der Waals surface area contributed by atoms with Gasteiger partial charge in [-0.15, -0.1) is 10.2 Å². The van der Waals surface area contributed by atoms with Crippen molar-refractivity contribution in [3.8, 4) is 0 Å². The van der Waals surface area contributed by atoms with E-state index in [-0.39, 0.29) is 17.6 Å². The molecule has 8 heteroatoms. The Balaban J connectivity index is 1.60. The largest absolute Gasteiger partial charge is 0.414 e. The van der Waals surface area contributed by atoms with Gasteiger partial charge in [0.1, 0.15) is 0 Å². The molecule has 1 aliphatic rings. The molecule has 1 aromatic carbocycles. The van der Waals surface area contributed by atoms with Gasteiger partial charge in [-0.3, -0.25) is 9.59 Å². The number of aromatic nitrogens is 2. The Bertz CT molecular complexity index is 852. The molecule has 1 saturated heterocycles. The van der Waals surface area contributed by atoms with E-state index >= 15 is 0 Å². The molecule has 3 rings (SSSR count). The summed E-state index contributed by atoms with van der Waals surface area (Å²) in [5.74, 6) is 1.19. The van der Waals surface area contributed by atoms with Crippen molar-refractivity contribution in [2.75, 3.05) is 17.6 Å². The molecule has 1 aromatic heterocycles. The SMILES string of the molecule is CC(C)c1cccc(C(C)C)c1NC(=O)CSc1nnc(CN2CCCC2=O)o1. The number of nitrogens with one attached hydrogen (secondary N) is 1. The monoisotopic (exact) mass is 416 g/mol. The maximum Gasteiger partial charge on any atom is 0.277 e. The lowest BCUT2D eigenvalue weighted by molar-refractivity contribution is -0.128. The Labute approximate surface area is 175 Å². The molecule has 29 heavy (non-hydrogen) atoms. The molecule has 0 bridgehead atoms. The van der Waals surface area contributed by atoms with Gasteiger partial charge in [-0.25, -0.2) is 0 Å². The van der Waals surface area contributed by atoms with Gasteiger partial charge < -0.3 is 14.6 Å². The van der Waals surface area contributed by atoms with Gasteiger partial charge in [-0.1, -0.05) is 57.7 Å². The number of carbonyl (C=O) groups excluding carboxylic acids is 2. The Hall–Kier alpha value is -2.35. The summed E-state index contributed by atoms with van der Waals surface area (Å²) >= 11 is 1.20. The highest BCUT2D eigenvalue weighted by atomic mass is 32.2. The van der Waals surface area contributed by atoms with Crippen LogP contribution in [0.15, 0.2) is 27.8 Å². The van der Waals surface area contributed by atoms with Crippen molar-refractivity contribution < 1.29 is 14.0 Å². The van der Waals surface area contributed by atoms with Crippen molar-refractivity contribution >= 4 is 29.3 Å². The third kappa shape index (κ3) is 5.38. The number of nitrogens with zero attached hydrogens (tertiary/aromatic N) is 3. The minimum Gasteiger partial charge on any atom is -0.414 e. The second kappa shape index (κ2) is 9.43. The molecule has 156 valence electrons. The highest BCUT2D eigenvalue weighted by Gasteiger charge is 2.23. The van der Waals surface area contributed by atoms with Crippen molar-refractivity contribution in [3.63, 3.8) is 0 Å². The first-order valence-corrected chi connectivity index (χ1v) is 11.0. The predicted octanol–water partition coefficient (Wildman–Crippen LogP) is 4.17. The second-order valence-corrected chi connectivity index (χ2v) is 8.76. The summed E-state index contributed by atoms with van der Waals surface area (Å²) in [5.41, 5.74) is 3.16. The van der Waals surface area contributed by atoms with Crippen LogP contribution in [0.3, 0.4) is 0 Å². The van der Waals surface area contributed by atoms with Crippen molar-refractivity contribution in [1.29, 1.82) is 0 Å². The number of rotatable bonds is 8. The molecule has 1 N–H and O–H groups in total. The first kappa shape index (κ1) is 21.4. The van der Waals surface area contributed by atoms with Crippen LogP contribution in [0.4, 0.5) is 5.69 Å². The molecule has 0 saturated carbocycles. The summed E-state index contributed by atoms with van der Waals surface area (Å²) in [5, 5.41) is 11.4. The van der Waals surface area contributed by atoms with Crippen LogP contribution in [0.5, 0.6) is 0 Å². The van der Waals surface area contributed by atoms with Gasteiger partial charge in [-0.2, -0.15) is 0 Å². The Kier molecular flexibility index (Phi) is 6.95. The quantitative estimate of drug-likeness (QED) is 0.650. The predicted molar refractivity (Wildman–Crippen MR) is 113 cm³/mol. The standard InChI is InChI=1S/C21H28N4O3S/c1-13(2)15-7-5-8-16(14(3)4)20(15)22-17(26)12-29-21-24-23-18(28-21)11-25-10-6-9-19(25)27/h5,7-8,13-14H,6,9-12H2,1-4H3,(H,22,26). The fourth-order valence-corrected chi connectivity index (χ4v) is 3.97. The van der Waals surface area contributed by atoms with E-state index in [0.717, 1.165) is 29.8 Å². The van der Waals surface area contributed by atoms with Gasteiger partial charge in [0.2, 0.25) is 17.7 Å². The van der Waals surface area contributed by atoms with E-state index in [9.17, 15) is 9.59 Å². The normalized spacial score (nSPS) is 14.3. The van der Waals surface area contributed by atoms with E-state index < -0.39 is 0 Å². The number of likely N-dealkylation sites (tertiary alicyclic amines) is 1. The molecule has 0 unspecified atom stereocenters. The Morgan fingerprint density at radius 1 is 1.21 bits per heavy atom. The van der Waals surface area contributed by atoms with Crippen LogP contribution in [0.1, 0.15) is 69.4 Å². The van der Waals surface area contributed by atoms with E-state index in [1.54, 1.807) is 4.90 Å². The third-order valence-corrected chi connectivity index (χ3v) is 5.73. The summed E-state index contributed by atoms with van der Waals surface area (Å²) in [7, 11) is 0. The molecule has 0 aliphatic carbocycles. The van der Waals surface area contributed by atoms with E-state index in [4.69, 9.17) is 4.42 Å². The number of thioether (sulfide) groups is 1. The minimum atomic E-state index is -0.112. The van der Waals surface area contributed by atoms with Gasteiger partial charge in [0.25, 0.3) is 5.22 Å². The zero-order valence-corrected chi connectivity index (χ0v) is 18.2. The molecule has 0 spiro atoms. The lowest BCUT2D eigenvalue weighted by Gasteiger charge is -2.20. The maximum absolute atomic E-state index is 12.6. The van der Waals surface area contributed by atoms with E-state index in [2.05, 4.69) is 55.3 Å². The number of para-hydroxylation sites is 1. The molecule has 0 radical (unpaired) electrons. The summed E-state index contributed by atoms with van der Waals surface area (Å²) in [6.07, 6.45) is 1.44. The molecule has 2 amide bonds. The van der Waals surface area contributed by atoms with Gasteiger partial charge in [0.15, 0.2) is 0 Å². The number of amides is 2. The van der Waals surface area contributed by atoms with Crippen LogP contribution in [-0.2, 0) is 16.1 Å². The van der Waals surface area contributed by atoms with Gasteiger partial charge >= 0.3 is 0 Å². The van der Waals surface area contributed by atoms with Crippen LogP contribution >= 0.6 is 11.8 Å². The van der Waals surface area contributed by atoms with E-state index in [1.807, 2.05) is 6.07 Å². The lowest BCUT2D eigenvalue weighted by atomic mass is 9.92. The second-order valence-electron chi connectivity index (χ2n) is 7.84. The zero-order valence-electron chi connectivity index (χ0n) is 17.4. The average molecular weight is 417 g/mol. The average Bonchev–Trinajstić information content (AvgIpc) is 3.29. The molecular formula is C21H28N4O3S. The number of hydrogen-bond donors (Lipinski definition) is 1. The number of hydrogen-bond acceptors (Lipinski definition) is 6. The summed E-state index contributed by atoms with van der Waals surface area (Å²) < 4.78 is 5.59. The first-order chi connectivity index (χ1) is 13.8. The molecule has 1 fully saturated rings.